The number of quaternary nitrogens is 2. The SMILES string of the molecule is Cc1cccc(C[NH+]2CC[NH+](CC(=O)Nc3ccc(OC(F)F)cc3)CC2)c1. The van der Waals surface area contributed by atoms with Gasteiger partial charge in [0.25, 0.3) is 5.91 Å². The molecule has 1 aliphatic rings. The summed E-state index contributed by atoms with van der Waals surface area (Å²) in [6.45, 7) is 4.67. The molecule has 28 heavy (non-hydrogen) atoms. The van der Waals surface area contributed by atoms with Crippen LogP contribution in [-0.2, 0) is 11.3 Å². The third-order valence-electron chi connectivity index (χ3n) is 4.97. The van der Waals surface area contributed by atoms with Crippen LogP contribution in [0.5, 0.6) is 5.75 Å². The zero-order valence-electron chi connectivity index (χ0n) is 16.0. The number of ether oxygens (including phenoxy) is 1. The molecule has 2 aromatic rings. The Morgan fingerprint density at radius 2 is 1.75 bits per heavy atom. The maximum atomic E-state index is 12.3. The molecule has 0 unspecified atom stereocenters. The lowest BCUT2D eigenvalue weighted by Crippen LogP contribution is -3.28. The number of piperazine rings is 1. The number of nitrogens with one attached hydrogen (secondary N) is 3. The fraction of sp³-hybridized carbons (Fsp3) is 0.381. The van der Waals surface area contributed by atoms with Gasteiger partial charge in [-0.3, -0.25) is 4.79 Å². The van der Waals surface area contributed by atoms with Crippen LogP contribution >= 0.6 is 0 Å². The van der Waals surface area contributed by atoms with Crippen LogP contribution in [0.1, 0.15) is 11.1 Å². The van der Waals surface area contributed by atoms with Crippen LogP contribution in [0.25, 0.3) is 0 Å². The molecule has 7 heteroatoms. The van der Waals surface area contributed by atoms with E-state index in [1.54, 1.807) is 17.0 Å². The van der Waals surface area contributed by atoms with Gasteiger partial charge in [0.2, 0.25) is 0 Å². The van der Waals surface area contributed by atoms with Gasteiger partial charge in [-0.2, -0.15) is 8.78 Å². The number of amides is 1. The minimum atomic E-state index is -2.85. The van der Waals surface area contributed by atoms with Gasteiger partial charge in [0, 0.05) is 11.3 Å². The van der Waals surface area contributed by atoms with Crippen molar-refractivity contribution >= 4 is 11.6 Å². The maximum Gasteiger partial charge on any atom is 0.387 e. The molecule has 1 aliphatic heterocycles. The van der Waals surface area contributed by atoms with Gasteiger partial charge in [-0.25, -0.2) is 0 Å². The minimum absolute atomic E-state index is 0.0698. The third-order valence-corrected chi connectivity index (χ3v) is 4.97. The number of carbonyl (C=O) groups excluding carboxylic acids is 1. The van der Waals surface area contributed by atoms with E-state index in [-0.39, 0.29) is 11.7 Å². The number of benzene rings is 2. The Labute approximate surface area is 163 Å². The molecule has 1 heterocycles. The molecule has 0 bridgehead atoms. The van der Waals surface area contributed by atoms with Gasteiger partial charge >= 0.3 is 6.61 Å². The third kappa shape index (κ3) is 6.28. The summed E-state index contributed by atoms with van der Waals surface area (Å²) in [4.78, 5) is 15.1. The topological polar surface area (TPSA) is 47.2 Å². The van der Waals surface area contributed by atoms with Crippen molar-refractivity contribution in [3.63, 3.8) is 0 Å². The van der Waals surface area contributed by atoms with Gasteiger partial charge in [0.15, 0.2) is 6.54 Å². The number of hydrogen-bond donors (Lipinski definition) is 3. The molecule has 1 saturated heterocycles. The highest BCUT2D eigenvalue weighted by Crippen LogP contribution is 2.17. The molecule has 3 rings (SSSR count). The first kappa shape index (κ1) is 20.2. The Hall–Kier alpha value is -2.51. The van der Waals surface area contributed by atoms with Gasteiger partial charge in [-0.1, -0.05) is 29.8 Å². The number of carbonyl (C=O) groups is 1. The zero-order valence-corrected chi connectivity index (χ0v) is 16.0. The summed E-state index contributed by atoms with van der Waals surface area (Å²) in [7, 11) is 0. The predicted octanol–water partition coefficient (Wildman–Crippen LogP) is 0.519. The van der Waals surface area contributed by atoms with E-state index in [9.17, 15) is 13.6 Å². The fourth-order valence-corrected chi connectivity index (χ4v) is 3.57. The highest BCUT2D eigenvalue weighted by molar-refractivity contribution is 5.91. The van der Waals surface area contributed by atoms with Crippen LogP contribution in [0.2, 0.25) is 0 Å². The monoisotopic (exact) mass is 391 g/mol. The van der Waals surface area contributed by atoms with Gasteiger partial charge < -0.3 is 19.9 Å². The summed E-state index contributed by atoms with van der Waals surface area (Å²) in [5.41, 5.74) is 3.22. The quantitative estimate of drug-likeness (QED) is 0.645. The van der Waals surface area contributed by atoms with Gasteiger partial charge in [-0.05, 0) is 31.2 Å². The van der Waals surface area contributed by atoms with Crippen molar-refractivity contribution in [1.29, 1.82) is 0 Å². The van der Waals surface area contributed by atoms with E-state index >= 15 is 0 Å². The van der Waals surface area contributed by atoms with Crippen LogP contribution in [0.4, 0.5) is 14.5 Å². The molecule has 0 aromatic heterocycles. The van der Waals surface area contributed by atoms with Crippen molar-refractivity contribution in [1.82, 2.24) is 0 Å². The van der Waals surface area contributed by atoms with Crippen LogP contribution in [0.15, 0.2) is 48.5 Å². The molecular formula is C21H27F2N3O2+2. The number of aryl methyl sites for hydroxylation is 1. The first-order valence-electron chi connectivity index (χ1n) is 9.55. The first-order chi connectivity index (χ1) is 13.5. The highest BCUT2D eigenvalue weighted by atomic mass is 19.3. The van der Waals surface area contributed by atoms with Crippen molar-refractivity contribution in [2.45, 2.75) is 20.1 Å². The van der Waals surface area contributed by atoms with E-state index < -0.39 is 6.61 Å². The molecule has 2 aromatic carbocycles. The second kappa shape index (κ2) is 9.61. The Balaban J connectivity index is 1.41. The van der Waals surface area contributed by atoms with Gasteiger partial charge in [-0.15, -0.1) is 0 Å². The van der Waals surface area contributed by atoms with E-state index in [0.29, 0.717) is 12.2 Å². The summed E-state index contributed by atoms with van der Waals surface area (Å²) >= 11 is 0. The smallest absolute Gasteiger partial charge is 0.387 e. The van der Waals surface area contributed by atoms with Crippen molar-refractivity contribution in [3.8, 4) is 5.75 Å². The molecule has 0 atom stereocenters. The molecule has 5 nitrogen and oxygen atoms in total. The number of hydrogen-bond acceptors (Lipinski definition) is 2. The van der Waals surface area contributed by atoms with Crippen LogP contribution in [-0.4, -0.2) is 45.2 Å². The number of alkyl halides is 2. The average Bonchev–Trinajstić information content (AvgIpc) is 2.64. The molecular weight excluding hydrogens is 364 g/mol. The van der Waals surface area contributed by atoms with Crippen LogP contribution < -0.4 is 19.9 Å². The zero-order chi connectivity index (χ0) is 19.9. The lowest BCUT2D eigenvalue weighted by molar-refractivity contribution is -1.02. The van der Waals surface area contributed by atoms with Gasteiger partial charge in [0.1, 0.15) is 38.5 Å². The van der Waals surface area contributed by atoms with Crippen LogP contribution in [0, 0.1) is 6.92 Å². The summed E-state index contributed by atoms with van der Waals surface area (Å²) in [5, 5.41) is 2.82. The van der Waals surface area contributed by atoms with E-state index in [1.807, 2.05) is 0 Å². The molecule has 0 saturated carbocycles. The normalized spacial score (nSPS) is 19.4. The molecule has 3 N–H and O–H groups in total. The molecule has 1 amide bonds. The predicted molar refractivity (Wildman–Crippen MR) is 103 cm³/mol. The van der Waals surface area contributed by atoms with Crippen molar-refractivity contribution < 1.29 is 28.1 Å². The van der Waals surface area contributed by atoms with Crippen molar-refractivity contribution in [3.05, 3.63) is 59.7 Å². The second-order valence-corrected chi connectivity index (χ2v) is 7.29. The lowest BCUT2D eigenvalue weighted by Gasteiger charge is -2.29. The Kier molecular flexibility index (Phi) is 6.95. The number of rotatable bonds is 7. The van der Waals surface area contributed by atoms with E-state index in [1.165, 1.54) is 28.2 Å². The summed E-state index contributed by atoms with van der Waals surface area (Å²) in [5.74, 6) is 0.00555. The largest absolute Gasteiger partial charge is 0.435 e. The van der Waals surface area contributed by atoms with Crippen LogP contribution in [0.3, 0.4) is 0 Å². The Morgan fingerprint density at radius 3 is 2.39 bits per heavy atom. The molecule has 0 aliphatic carbocycles. The molecule has 1 fully saturated rings. The van der Waals surface area contributed by atoms with Gasteiger partial charge in [0.05, 0.1) is 0 Å². The number of anilines is 1. The molecule has 0 radical (unpaired) electrons. The van der Waals surface area contributed by atoms with E-state index in [0.717, 1.165) is 32.7 Å². The Morgan fingerprint density at radius 1 is 1.07 bits per heavy atom. The lowest BCUT2D eigenvalue weighted by atomic mass is 10.1. The minimum Gasteiger partial charge on any atom is -0.435 e. The Bertz CT molecular complexity index is 775. The summed E-state index contributed by atoms with van der Waals surface area (Å²) < 4.78 is 28.6. The fourth-order valence-electron chi connectivity index (χ4n) is 3.57. The van der Waals surface area contributed by atoms with E-state index in [4.69, 9.17) is 0 Å². The summed E-state index contributed by atoms with van der Waals surface area (Å²) in [6.07, 6.45) is 0. The number of halogens is 2. The second-order valence-electron chi connectivity index (χ2n) is 7.29. The standard InChI is InChI=1S/C21H25F2N3O2/c1-16-3-2-4-17(13-16)14-25-9-11-26(12-10-25)15-20(27)24-18-5-7-19(8-6-18)28-21(22)23/h2-8,13,21H,9-12,14-15H2,1H3,(H,24,27)/p+2. The maximum absolute atomic E-state index is 12.3. The first-order valence-corrected chi connectivity index (χ1v) is 9.55. The van der Waals surface area contributed by atoms with Crippen molar-refractivity contribution in [2.24, 2.45) is 0 Å². The molecule has 0 spiro atoms. The molecule has 150 valence electrons. The van der Waals surface area contributed by atoms with E-state index in [2.05, 4.69) is 41.2 Å². The average molecular weight is 391 g/mol. The summed E-state index contributed by atoms with van der Waals surface area (Å²) in [6, 6.07) is 14.6. The highest BCUT2D eigenvalue weighted by Gasteiger charge is 2.24. The van der Waals surface area contributed by atoms with Crippen molar-refractivity contribution in [2.75, 3.05) is 38.0 Å².